The summed E-state index contributed by atoms with van der Waals surface area (Å²) in [6.45, 7) is 4.37. The minimum atomic E-state index is -0.776. The van der Waals surface area contributed by atoms with Crippen molar-refractivity contribution < 1.29 is 24.5 Å². The van der Waals surface area contributed by atoms with Crippen LogP contribution in [0.15, 0.2) is 58.6 Å². The summed E-state index contributed by atoms with van der Waals surface area (Å²) in [6.07, 6.45) is 0. The molecule has 6 nitrogen and oxygen atoms in total. The molecule has 30 heavy (non-hydrogen) atoms. The number of hydrogen-bond acceptors (Lipinski definition) is 5. The average Bonchev–Trinajstić information content (AvgIpc) is 2.98. The quantitative estimate of drug-likeness (QED) is 0.361. The molecule has 1 atom stereocenters. The molecule has 3 rings (SSSR count). The number of ether oxygens (including phenoxy) is 1. The average molecular weight is 474 g/mol. The number of aliphatic hydroxyl groups is 2. The first-order chi connectivity index (χ1) is 14.3. The van der Waals surface area contributed by atoms with Crippen molar-refractivity contribution in [3.05, 3.63) is 69.7 Å². The highest BCUT2D eigenvalue weighted by molar-refractivity contribution is 9.10. The van der Waals surface area contributed by atoms with E-state index in [1.807, 2.05) is 13.8 Å². The van der Waals surface area contributed by atoms with Crippen molar-refractivity contribution in [1.29, 1.82) is 0 Å². The van der Waals surface area contributed by atoms with Crippen molar-refractivity contribution >= 4 is 33.4 Å². The van der Waals surface area contributed by atoms with Crippen LogP contribution in [0.4, 0.5) is 0 Å². The number of likely N-dealkylation sites (tertiary alicyclic amines) is 1. The van der Waals surface area contributed by atoms with Crippen molar-refractivity contribution in [2.24, 2.45) is 5.92 Å². The zero-order valence-electron chi connectivity index (χ0n) is 16.8. The van der Waals surface area contributed by atoms with Gasteiger partial charge < -0.3 is 19.8 Å². The fourth-order valence-corrected chi connectivity index (χ4v) is 3.60. The van der Waals surface area contributed by atoms with E-state index in [1.54, 1.807) is 48.5 Å². The molecule has 7 heteroatoms. The van der Waals surface area contributed by atoms with Crippen LogP contribution in [0.3, 0.4) is 0 Å². The molecule has 1 saturated heterocycles. The van der Waals surface area contributed by atoms with Gasteiger partial charge in [-0.15, -0.1) is 0 Å². The molecule has 158 valence electrons. The third-order valence-corrected chi connectivity index (χ3v) is 5.31. The molecule has 2 aromatic rings. The highest BCUT2D eigenvalue weighted by Gasteiger charge is 2.45. The van der Waals surface area contributed by atoms with Crippen LogP contribution in [0.25, 0.3) is 5.76 Å². The van der Waals surface area contributed by atoms with Gasteiger partial charge in [-0.25, -0.2) is 0 Å². The Morgan fingerprint density at radius 1 is 1.10 bits per heavy atom. The Hall–Kier alpha value is -2.64. The summed E-state index contributed by atoms with van der Waals surface area (Å²) >= 11 is 3.37. The number of hydrogen-bond donors (Lipinski definition) is 2. The SMILES string of the molecule is CC(C)COc1ccc(C(O)=C2C(=O)C(=O)N(CCO)C2c2ccc(Br)cc2)cc1. The number of rotatable bonds is 7. The Morgan fingerprint density at radius 2 is 1.73 bits per heavy atom. The number of carbonyl (C=O) groups excluding carboxylic acids is 2. The number of halogens is 1. The van der Waals surface area contributed by atoms with Crippen molar-refractivity contribution in [1.82, 2.24) is 4.90 Å². The van der Waals surface area contributed by atoms with Gasteiger partial charge in [0.05, 0.1) is 24.8 Å². The van der Waals surface area contributed by atoms with Gasteiger partial charge >= 0.3 is 0 Å². The molecule has 0 aliphatic carbocycles. The fraction of sp³-hybridized carbons (Fsp3) is 0.304. The highest BCUT2D eigenvalue weighted by atomic mass is 79.9. The summed E-state index contributed by atoms with van der Waals surface area (Å²) in [5.74, 6) is -0.724. The molecule has 0 spiro atoms. The van der Waals surface area contributed by atoms with Crippen molar-refractivity contribution in [3.63, 3.8) is 0 Å². The molecule has 1 aliphatic heterocycles. The molecule has 2 N–H and O–H groups in total. The molecule has 1 amide bonds. The Morgan fingerprint density at radius 3 is 2.30 bits per heavy atom. The fourth-order valence-electron chi connectivity index (χ4n) is 3.34. The van der Waals surface area contributed by atoms with E-state index in [4.69, 9.17) is 4.74 Å². The molecule has 1 aliphatic rings. The molecule has 0 saturated carbocycles. The lowest BCUT2D eigenvalue weighted by atomic mass is 9.95. The molecule has 0 aromatic heterocycles. The first-order valence-corrected chi connectivity index (χ1v) is 10.5. The van der Waals surface area contributed by atoms with E-state index < -0.39 is 17.7 Å². The van der Waals surface area contributed by atoms with Gasteiger partial charge in [0.25, 0.3) is 11.7 Å². The first-order valence-electron chi connectivity index (χ1n) is 9.71. The standard InChI is InChI=1S/C23H24BrNO5/c1-14(2)13-30-18-9-5-16(6-10-18)21(27)19-20(15-3-7-17(24)8-4-15)25(11-12-26)23(29)22(19)28/h3-10,14,20,26-27H,11-13H2,1-2H3. The number of amides is 1. The third kappa shape index (κ3) is 4.57. The number of β-amino-alcohol motifs (C(OH)–C–C–N with tert-alkyl or cyclic N) is 1. The maximum Gasteiger partial charge on any atom is 0.295 e. The molecule has 0 bridgehead atoms. The van der Waals surface area contributed by atoms with Gasteiger partial charge in [0.15, 0.2) is 0 Å². The largest absolute Gasteiger partial charge is 0.507 e. The van der Waals surface area contributed by atoms with Crippen LogP contribution in [0.2, 0.25) is 0 Å². The lowest BCUT2D eigenvalue weighted by molar-refractivity contribution is -0.140. The van der Waals surface area contributed by atoms with Gasteiger partial charge in [-0.05, 0) is 47.9 Å². The van der Waals surface area contributed by atoms with Crippen molar-refractivity contribution in [2.75, 3.05) is 19.8 Å². The lowest BCUT2D eigenvalue weighted by Crippen LogP contribution is -2.32. The monoisotopic (exact) mass is 473 g/mol. The Balaban J connectivity index is 2.02. The van der Waals surface area contributed by atoms with Crippen LogP contribution in [0.5, 0.6) is 5.75 Å². The minimum Gasteiger partial charge on any atom is -0.507 e. The predicted molar refractivity (Wildman–Crippen MR) is 117 cm³/mol. The van der Waals surface area contributed by atoms with Crippen molar-refractivity contribution in [3.8, 4) is 5.75 Å². The van der Waals surface area contributed by atoms with E-state index in [0.29, 0.717) is 29.4 Å². The van der Waals surface area contributed by atoms with E-state index in [9.17, 15) is 19.8 Å². The second-order valence-corrected chi connectivity index (χ2v) is 8.41. The van der Waals surface area contributed by atoms with E-state index in [2.05, 4.69) is 15.9 Å². The topological polar surface area (TPSA) is 87.1 Å². The molecule has 0 radical (unpaired) electrons. The third-order valence-electron chi connectivity index (χ3n) is 4.78. The highest BCUT2D eigenvalue weighted by Crippen LogP contribution is 2.39. The van der Waals surface area contributed by atoms with Gasteiger partial charge in [0, 0.05) is 16.6 Å². The van der Waals surface area contributed by atoms with Crippen molar-refractivity contribution in [2.45, 2.75) is 19.9 Å². The lowest BCUT2D eigenvalue weighted by Gasteiger charge is -2.24. The van der Waals surface area contributed by atoms with E-state index in [-0.39, 0.29) is 24.5 Å². The van der Waals surface area contributed by atoms with E-state index in [0.717, 1.165) is 4.47 Å². The number of ketones is 1. The number of Topliss-reactive ketones (excluding diaryl/α,β-unsaturated/α-hetero) is 1. The molecule has 1 unspecified atom stereocenters. The molecule has 2 aromatic carbocycles. The second-order valence-electron chi connectivity index (χ2n) is 7.50. The van der Waals surface area contributed by atoms with Crippen LogP contribution in [0.1, 0.15) is 31.0 Å². The van der Waals surface area contributed by atoms with Crippen LogP contribution in [0, 0.1) is 5.92 Å². The minimum absolute atomic E-state index is 0.00613. The van der Waals surface area contributed by atoms with Gasteiger partial charge in [-0.2, -0.15) is 0 Å². The summed E-state index contributed by atoms with van der Waals surface area (Å²) in [4.78, 5) is 26.7. The number of aliphatic hydroxyl groups excluding tert-OH is 2. The molecule has 1 heterocycles. The number of benzene rings is 2. The van der Waals surface area contributed by atoms with E-state index in [1.165, 1.54) is 4.90 Å². The van der Waals surface area contributed by atoms with Gasteiger partial charge in [0.1, 0.15) is 11.5 Å². The summed E-state index contributed by atoms with van der Waals surface area (Å²) in [6, 6.07) is 13.1. The Kier molecular flexibility index (Phi) is 6.95. The summed E-state index contributed by atoms with van der Waals surface area (Å²) in [7, 11) is 0. The smallest absolute Gasteiger partial charge is 0.295 e. The van der Waals surface area contributed by atoms with Crippen LogP contribution in [-0.2, 0) is 9.59 Å². The predicted octanol–water partition coefficient (Wildman–Crippen LogP) is 3.90. The van der Waals surface area contributed by atoms with Crippen LogP contribution < -0.4 is 4.74 Å². The zero-order chi connectivity index (χ0) is 21.8. The number of nitrogens with zero attached hydrogens (tertiary/aromatic N) is 1. The maximum atomic E-state index is 12.8. The number of carbonyl (C=O) groups is 2. The molecular formula is C23H24BrNO5. The first kappa shape index (κ1) is 22.1. The Bertz CT molecular complexity index is 951. The molecule has 1 fully saturated rings. The van der Waals surface area contributed by atoms with Crippen LogP contribution >= 0.6 is 15.9 Å². The van der Waals surface area contributed by atoms with E-state index >= 15 is 0 Å². The zero-order valence-corrected chi connectivity index (χ0v) is 18.4. The summed E-state index contributed by atoms with van der Waals surface area (Å²) < 4.78 is 6.51. The molecular weight excluding hydrogens is 450 g/mol. The maximum absolute atomic E-state index is 12.8. The van der Waals surface area contributed by atoms with Gasteiger partial charge in [-0.3, -0.25) is 9.59 Å². The van der Waals surface area contributed by atoms with Gasteiger partial charge in [-0.1, -0.05) is 41.9 Å². The summed E-state index contributed by atoms with van der Waals surface area (Å²) in [5.41, 5.74) is 1.09. The van der Waals surface area contributed by atoms with Gasteiger partial charge in [0.2, 0.25) is 0 Å². The second kappa shape index (κ2) is 9.45. The van der Waals surface area contributed by atoms with Crippen LogP contribution in [-0.4, -0.2) is 46.6 Å². The normalized spacial score (nSPS) is 18.3. The Labute approximate surface area is 183 Å². The summed E-state index contributed by atoms with van der Waals surface area (Å²) in [5, 5.41) is 20.4.